The van der Waals surface area contributed by atoms with Crippen LogP contribution in [0.4, 0.5) is 5.69 Å². The number of halogens is 1. The van der Waals surface area contributed by atoms with E-state index in [1.54, 1.807) is 18.2 Å². The summed E-state index contributed by atoms with van der Waals surface area (Å²) in [6.45, 7) is 0. The lowest BCUT2D eigenvalue weighted by Gasteiger charge is -2.10. The van der Waals surface area contributed by atoms with Crippen molar-refractivity contribution >= 4 is 23.1 Å². The van der Waals surface area contributed by atoms with E-state index < -0.39 is 4.92 Å². The number of rotatable bonds is 4. The zero-order chi connectivity index (χ0) is 15.4. The summed E-state index contributed by atoms with van der Waals surface area (Å²) in [5, 5.41) is 22.9. The second-order valence-corrected chi connectivity index (χ2v) is 4.39. The Morgan fingerprint density at radius 1 is 1.29 bits per heavy atom. The molecule has 108 valence electrons. The molecule has 0 radical (unpaired) electrons. The number of oxime groups is 1. The van der Waals surface area contributed by atoms with E-state index >= 15 is 0 Å². The summed E-state index contributed by atoms with van der Waals surface area (Å²) in [4.78, 5) is 10.4. The quantitative estimate of drug-likeness (QED) is 0.296. The zero-order valence-corrected chi connectivity index (χ0v) is 11.3. The highest BCUT2D eigenvalue weighted by atomic mass is 35.5. The van der Waals surface area contributed by atoms with Crippen LogP contribution in [-0.2, 0) is 0 Å². The third kappa shape index (κ3) is 3.21. The number of nitro benzene ring substituents is 1. The van der Waals surface area contributed by atoms with Crippen molar-refractivity contribution in [3.05, 3.63) is 63.2 Å². The maximum atomic E-state index is 11.0. The SMILES string of the molecule is NC(=NO)c1ccccc1Oc1cc(Cl)ccc1[N+](=O)[O-]. The molecule has 0 atom stereocenters. The van der Waals surface area contributed by atoms with E-state index in [2.05, 4.69) is 5.16 Å². The van der Waals surface area contributed by atoms with Crippen LogP contribution in [0.2, 0.25) is 5.02 Å². The van der Waals surface area contributed by atoms with Crippen molar-refractivity contribution in [3.63, 3.8) is 0 Å². The van der Waals surface area contributed by atoms with Crippen molar-refractivity contribution in [1.29, 1.82) is 0 Å². The Labute approximate surface area is 124 Å². The number of nitro groups is 1. The fraction of sp³-hybridized carbons (Fsp3) is 0. The zero-order valence-electron chi connectivity index (χ0n) is 10.6. The van der Waals surface area contributed by atoms with E-state index in [1.807, 2.05) is 0 Å². The molecule has 2 rings (SSSR count). The Balaban J connectivity index is 2.48. The number of amidine groups is 1. The molecule has 0 aromatic heterocycles. The molecule has 2 aromatic rings. The number of para-hydroxylation sites is 1. The highest BCUT2D eigenvalue weighted by Crippen LogP contribution is 2.34. The molecular formula is C13H10ClN3O4. The van der Waals surface area contributed by atoms with Gasteiger partial charge in [-0.05, 0) is 18.2 Å². The predicted octanol–water partition coefficient (Wildman–Crippen LogP) is 3.14. The summed E-state index contributed by atoms with van der Waals surface area (Å²) in [7, 11) is 0. The van der Waals surface area contributed by atoms with Gasteiger partial charge in [-0.2, -0.15) is 0 Å². The number of hydrogen-bond acceptors (Lipinski definition) is 5. The molecule has 0 bridgehead atoms. The topological polar surface area (TPSA) is 111 Å². The second kappa shape index (κ2) is 6.10. The largest absolute Gasteiger partial charge is 0.449 e. The standard InChI is InChI=1S/C13H10ClN3O4/c14-8-5-6-10(17(19)20)12(7-8)21-11-4-2-1-3-9(11)13(15)16-18/h1-7,18H,(H2,15,16). The molecule has 3 N–H and O–H groups in total. The molecule has 2 aromatic carbocycles. The Morgan fingerprint density at radius 2 is 2.00 bits per heavy atom. The van der Waals surface area contributed by atoms with Gasteiger partial charge in [-0.15, -0.1) is 0 Å². The van der Waals surface area contributed by atoms with Crippen LogP contribution in [0, 0.1) is 10.1 Å². The van der Waals surface area contributed by atoms with E-state index in [9.17, 15) is 10.1 Å². The lowest BCUT2D eigenvalue weighted by atomic mass is 10.2. The number of ether oxygens (including phenoxy) is 1. The van der Waals surface area contributed by atoms with E-state index in [-0.39, 0.29) is 28.0 Å². The monoisotopic (exact) mass is 307 g/mol. The van der Waals surface area contributed by atoms with Crippen LogP contribution < -0.4 is 10.5 Å². The fourth-order valence-corrected chi connectivity index (χ4v) is 1.82. The molecule has 7 nitrogen and oxygen atoms in total. The summed E-state index contributed by atoms with van der Waals surface area (Å²) in [5.74, 6) is -0.000799. The molecule has 0 aliphatic rings. The molecule has 0 saturated heterocycles. The molecule has 21 heavy (non-hydrogen) atoms. The van der Waals surface area contributed by atoms with Crippen molar-refractivity contribution in [1.82, 2.24) is 0 Å². The van der Waals surface area contributed by atoms with Crippen LogP contribution in [0.1, 0.15) is 5.56 Å². The molecule has 0 spiro atoms. The molecule has 0 saturated carbocycles. The predicted molar refractivity (Wildman–Crippen MR) is 77.1 cm³/mol. The van der Waals surface area contributed by atoms with Crippen LogP contribution in [0.5, 0.6) is 11.5 Å². The lowest BCUT2D eigenvalue weighted by molar-refractivity contribution is -0.385. The van der Waals surface area contributed by atoms with Gasteiger partial charge in [0.05, 0.1) is 10.5 Å². The second-order valence-electron chi connectivity index (χ2n) is 3.95. The van der Waals surface area contributed by atoms with Crippen LogP contribution in [0.25, 0.3) is 0 Å². The van der Waals surface area contributed by atoms with Gasteiger partial charge in [-0.1, -0.05) is 28.9 Å². The minimum absolute atomic E-state index is 0.0364. The summed E-state index contributed by atoms with van der Waals surface area (Å²) >= 11 is 5.83. The van der Waals surface area contributed by atoms with E-state index in [1.165, 1.54) is 24.3 Å². The summed E-state index contributed by atoms with van der Waals surface area (Å²) in [5.41, 5.74) is 5.59. The molecule has 0 amide bonds. The van der Waals surface area contributed by atoms with Crippen molar-refractivity contribution in [2.75, 3.05) is 0 Å². The van der Waals surface area contributed by atoms with Gasteiger partial charge < -0.3 is 15.7 Å². The van der Waals surface area contributed by atoms with Gasteiger partial charge in [0.1, 0.15) is 5.75 Å². The fourth-order valence-electron chi connectivity index (χ4n) is 1.66. The molecule has 0 unspecified atom stereocenters. The van der Waals surface area contributed by atoms with Crippen LogP contribution >= 0.6 is 11.6 Å². The maximum Gasteiger partial charge on any atom is 0.311 e. The Morgan fingerprint density at radius 3 is 2.67 bits per heavy atom. The normalized spacial score (nSPS) is 11.2. The minimum atomic E-state index is -0.586. The summed E-state index contributed by atoms with van der Waals surface area (Å²) in [6, 6.07) is 10.4. The first-order chi connectivity index (χ1) is 10.0. The van der Waals surface area contributed by atoms with Gasteiger partial charge >= 0.3 is 5.69 Å². The van der Waals surface area contributed by atoms with E-state index in [4.69, 9.17) is 27.3 Å². The van der Waals surface area contributed by atoms with Crippen molar-refractivity contribution < 1.29 is 14.9 Å². The van der Waals surface area contributed by atoms with Gasteiger partial charge in [0.25, 0.3) is 0 Å². The maximum absolute atomic E-state index is 11.0. The molecule has 8 heteroatoms. The summed E-state index contributed by atoms with van der Waals surface area (Å²) < 4.78 is 5.51. The van der Waals surface area contributed by atoms with E-state index in [0.29, 0.717) is 5.56 Å². The van der Waals surface area contributed by atoms with Gasteiger partial charge in [0.2, 0.25) is 5.75 Å². The average molecular weight is 308 g/mol. The van der Waals surface area contributed by atoms with Crippen molar-refractivity contribution in [2.45, 2.75) is 0 Å². The van der Waals surface area contributed by atoms with Crippen molar-refractivity contribution in [2.24, 2.45) is 10.9 Å². The van der Waals surface area contributed by atoms with E-state index in [0.717, 1.165) is 0 Å². The smallest absolute Gasteiger partial charge is 0.311 e. The lowest BCUT2D eigenvalue weighted by Crippen LogP contribution is -2.14. The van der Waals surface area contributed by atoms with Gasteiger partial charge in [0, 0.05) is 17.2 Å². The third-order valence-electron chi connectivity index (χ3n) is 2.61. The first-order valence-electron chi connectivity index (χ1n) is 5.71. The third-order valence-corrected chi connectivity index (χ3v) is 2.84. The first kappa shape index (κ1) is 14.6. The average Bonchev–Trinajstić information content (AvgIpc) is 2.47. The minimum Gasteiger partial charge on any atom is -0.449 e. The molecular weight excluding hydrogens is 298 g/mol. The van der Waals surface area contributed by atoms with Crippen molar-refractivity contribution in [3.8, 4) is 11.5 Å². The number of hydrogen-bond donors (Lipinski definition) is 2. The molecule has 0 heterocycles. The highest BCUT2D eigenvalue weighted by molar-refractivity contribution is 6.30. The first-order valence-corrected chi connectivity index (χ1v) is 6.09. The Hall–Kier alpha value is -2.80. The number of nitrogens with zero attached hydrogens (tertiary/aromatic N) is 2. The molecule has 0 aliphatic carbocycles. The van der Waals surface area contributed by atoms with Crippen LogP contribution in [-0.4, -0.2) is 16.0 Å². The van der Waals surface area contributed by atoms with Gasteiger partial charge in [-0.25, -0.2) is 0 Å². The Kier molecular flexibility index (Phi) is 4.24. The van der Waals surface area contributed by atoms with Crippen LogP contribution in [0.3, 0.4) is 0 Å². The summed E-state index contributed by atoms with van der Waals surface area (Å²) in [6.07, 6.45) is 0. The molecule has 0 fully saturated rings. The van der Waals surface area contributed by atoms with Crippen LogP contribution in [0.15, 0.2) is 47.6 Å². The highest BCUT2D eigenvalue weighted by Gasteiger charge is 2.18. The number of nitrogens with two attached hydrogens (primary N) is 1. The number of benzene rings is 2. The van der Waals surface area contributed by atoms with Gasteiger partial charge in [0.15, 0.2) is 5.84 Å². The van der Waals surface area contributed by atoms with Gasteiger partial charge in [-0.3, -0.25) is 10.1 Å². The Bertz CT molecular complexity index is 718. The molecule has 0 aliphatic heterocycles.